The number of nitrogens with two attached hydrogens (primary N) is 1. The lowest BCUT2D eigenvalue weighted by atomic mass is 9.68. The van der Waals surface area contributed by atoms with E-state index in [0.717, 1.165) is 11.1 Å². The fraction of sp³-hybridized carbons (Fsp3) is 0.0741. The molecule has 8 heteroatoms. The molecule has 2 aliphatic rings. The number of nitrogens with one attached hydrogen (secondary N) is 1. The summed E-state index contributed by atoms with van der Waals surface area (Å²) in [5.41, 5.74) is 8.42. The molecule has 2 aliphatic heterocycles. The Morgan fingerprint density at radius 2 is 1.77 bits per heavy atom. The van der Waals surface area contributed by atoms with Crippen molar-refractivity contribution in [3.8, 4) is 23.2 Å². The third kappa shape index (κ3) is 2.82. The molecule has 3 N–H and O–H groups in total. The summed E-state index contributed by atoms with van der Waals surface area (Å²) in [6, 6.07) is 24.8. The standard InChI is InChI=1S/C27H18FN5O2/c28-18-12-10-16(11-13-18)15-33-21-9-5-4-8-19(21)27(26(33)34)20(14-29)24(30)35-25-22(27)23(31-32-25)17-6-2-1-3-7-17/h1-13H,15,30H2,(H,31,32)/t27-/m0/s1. The molecule has 0 radical (unpaired) electrons. The number of rotatable bonds is 3. The number of anilines is 1. The van der Waals surface area contributed by atoms with E-state index in [9.17, 15) is 14.4 Å². The molecule has 4 aromatic rings. The molecule has 1 atom stereocenters. The average molecular weight is 463 g/mol. The predicted molar refractivity (Wildman–Crippen MR) is 126 cm³/mol. The van der Waals surface area contributed by atoms with E-state index in [4.69, 9.17) is 10.5 Å². The van der Waals surface area contributed by atoms with Crippen LogP contribution in [0.4, 0.5) is 10.1 Å². The molecule has 0 saturated carbocycles. The number of para-hydroxylation sites is 1. The highest BCUT2D eigenvalue weighted by Crippen LogP contribution is 2.57. The summed E-state index contributed by atoms with van der Waals surface area (Å²) in [6.07, 6.45) is 0. The minimum Gasteiger partial charge on any atom is -0.420 e. The Morgan fingerprint density at radius 3 is 2.51 bits per heavy atom. The molecule has 0 bridgehead atoms. The highest BCUT2D eigenvalue weighted by atomic mass is 19.1. The van der Waals surface area contributed by atoms with Crippen molar-refractivity contribution < 1.29 is 13.9 Å². The maximum atomic E-state index is 14.5. The van der Waals surface area contributed by atoms with Gasteiger partial charge in [0.25, 0.3) is 0 Å². The van der Waals surface area contributed by atoms with Gasteiger partial charge in [0, 0.05) is 16.8 Å². The summed E-state index contributed by atoms with van der Waals surface area (Å²) in [7, 11) is 0. The van der Waals surface area contributed by atoms with Crippen molar-refractivity contribution >= 4 is 11.6 Å². The van der Waals surface area contributed by atoms with Gasteiger partial charge in [-0.3, -0.25) is 9.89 Å². The first-order valence-electron chi connectivity index (χ1n) is 10.9. The fourth-order valence-corrected chi connectivity index (χ4v) is 5.03. The first-order chi connectivity index (χ1) is 17.1. The van der Waals surface area contributed by atoms with Crippen molar-refractivity contribution in [2.45, 2.75) is 12.0 Å². The van der Waals surface area contributed by atoms with Crippen molar-refractivity contribution in [3.05, 3.63) is 113 Å². The molecule has 0 fully saturated rings. The zero-order valence-electron chi connectivity index (χ0n) is 18.3. The van der Waals surface area contributed by atoms with E-state index in [1.54, 1.807) is 17.0 Å². The molecule has 35 heavy (non-hydrogen) atoms. The van der Waals surface area contributed by atoms with Gasteiger partial charge in [-0.1, -0.05) is 60.7 Å². The number of fused-ring (bicyclic) bond motifs is 4. The largest absolute Gasteiger partial charge is 0.420 e. The van der Waals surface area contributed by atoms with Crippen LogP contribution in [0.25, 0.3) is 11.3 Å². The van der Waals surface area contributed by atoms with Crippen molar-refractivity contribution in [3.63, 3.8) is 0 Å². The summed E-state index contributed by atoms with van der Waals surface area (Å²) in [5, 5.41) is 17.6. The van der Waals surface area contributed by atoms with E-state index in [-0.39, 0.29) is 35.6 Å². The van der Waals surface area contributed by atoms with Crippen molar-refractivity contribution in [1.29, 1.82) is 5.26 Å². The van der Waals surface area contributed by atoms with Crippen LogP contribution < -0.4 is 15.4 Å². The molecule has 170 valence electrons. The van der Waals surface area contributed by atoms with Crippen molar-refractivity contribution in [2.24, 2.45) is 5.73 Å². The van der Waals surface area contributed by atoms with Gasteiger partial charge in [-0.15, -0.1) is 5.10 Å². The molecule has 1 aromatic heterocycles. The van der Waals surface area contributed by atoms with E-state index >= 15 is 0 Å². The van der Waals surface area contributed by atoms with E-state index in [1.165, 1.54) is 12.1 Å². The lowest BCUT2D eigenvalue weighted by Crippen LogP contribution is -2.45. The van der Waals surface area contributed by atoms with Crippen LogP contribution in [0, 0.1) is 17.1 Å². The Balaban J connectivity index is 1.63. The zero-order valence-corrected chi connectivity index (χ0v) is 18.3. The number of benzene rings is 3. The van der Waals surface area contributed by atoms with Crippen LogP contribution >= 0.6 is 0 Å². The molecule has 3 heterocycles. The van der Waals surface area contributed by atoms with Crippen molar-refractivity contribution in [2.75, 3.05) is 4.90 Å². The van der Waals surface area contributed by atoms with Gasteiger partial charge >= 0.3 is 0 Å². The molecular weight excluding hydrogens is 445 g/mol. The van der Waals surface area contributed by atoms with Crippen LogP contribution in [0.2, 0.25) is 0 Å². The Kier molecular flexibility index (Phi) is 4.47. The van der Waals surface area contributed by atoms with Gasteiger partial charge in [-0.2, -0.15) is 5.26 Å². The highest BCUT2D eigenvalue weighted by Gasteiger charge is 2.61. The maximum Gasteiger partial charge on any atom is 0.248 e. The van der Waals surface area contributed by atoms with Crippen LogP contribution in [0.3, 0.4) is 0 Å². The van der Waals surface area contributed by atoms with E-state index in [2.05, 4.69) is 16.3 Å². The number of ether oxygens (including phenoxy) is 1. The van der Waals surface area contributed by atoms with Crippen LogP contribution in [0.5, 0.6) is 5.88 Å². The van der Waals surface area contributed by atoms with Gasteiger partial charge in [0.2, 0.25) is 17.7 Å². The maximum absolute atomic E-state index is 14.5. The summed E-state index contributed by atoms with van der Waals surface area (Å²) >= 11 is 0. The molecule has 6 rings (SSSR count). The Hall–Kier alpha value is -4.90. The number of nitriles is 1. The molecule has 7 nitrogen and oxygen atoms in total. The SMILES string of the molecule is N#CC1=C(N)Oc2n[nH]c(-c3ccccc3)c2[C@@]12C(=O)N(Cc1ccc(F)cc1)c1ccccc12. The number of aromatic nitrogens is 2. The van der Waals surface area contributed by atoms with Gasteiger partial charge in [0.15, 0.2) is 0 Å². The monoisotopic (exact) mass is 463 g/mol. The molecule has 3 aromatic carbocycles. The van der Waals surface area contributed by atoms with Crippen molar-refractivity contribution in [1.82, 2.24) is 10.2 Å². The van der Waals surface area contributed by atoms with Crippen LogP contribution in [-0.2, 0) is 16.8 Å². The quantitative estimate of drug-likeness (QED) is 0.475. The normalized spacial score (nSPS) is 18.3. The third-order valence-corrected chi connectivity index (χ3v) is 6.53. The number of aromatic amines is 1. The summed E-state index contributed by atoms with van der Waals surface area (Å²) in [6.45, 7) is 0.186. The summed E-state index contributed by atoms with van der Waals surface area (Å²) in [4.78, 5) is 16.1. The minimum atomic E-state index is -1.55. The van der Waals surface area contributed by atoms with Gasteiger partial charge in [-0.05, 0) is 23.8 Å². The molecule has 0 aliphatic carbocycles. The number of hydrogen-bond acceptors (Lipinski definition) is 5. The number of carbonyl (C=O) groups excluding carboxylic acids is 1. The topological polar surface area (TPSA) is 108 Å². The number of amides is 1. The third-order valence-electron chi connectivity index (χ3n) is 6.53. The van der Waals surface area contributed by atoms with Gasteiger partial charge in [0.05, 0.1) is 17.8 Å². The smallest absolute Gasteiger partial charge is 0.248 e. The number of carbonyl (C=O) groups is 1. The van der Waals surface area contributed by atoms with E-state index < -0.39 is 5.41 Å². The molecule has 1 spiro atoms. The number of halogens is 1. The molecule has 0 saturated heterocycles. The summed E-state index contributed by atoms with van der Waals surface area (Å²) in [5.74, 6) is -0.739. The fourth-order valence-electron chi connectivity index (χ4n) is 5.03. The predicted octanol–water partition coefficient (Wildman–Crippen LogP) is 4.13. The number of H-pyrrole nitrogens is 1. The Bertz CT molecular complexity index is 1550. The first kappa shape index (κ1) is 20.7. The van der Waals surface area contributed by atoms with Gasteiger partial charge < -0.3 is 15.4 Å². The van der Waals surface area contributed by atoms with E-state index in [1.807, 2.05) is 54.6 Å². The highest BCUT2D eigenvalue weighted by molar-refractivity contribution is 6.15. The van der Waals surface area contributed by atoms with Crippen LogP contribution in [0.15, 0.2) is 90.3 Å². The van der Waals surface area contributed by atoms with E-state index in [0.29, 0.717) is 22.5 Å². The molecule has 1 amide bonds. The number of hydrogen-bond donors (Lipinski definition) is 2. The zero-order chi connectivity index (χ0) is 24.2. The average Bonchev–Trinajstić information content (AvgIpc) is 3.40. The second-order valence-corrected chi connectivity index (χ2v) is 8.38. The van der Waals surface area contributed by atoms with Gasteiger partial charge in [0.1, 0.15) is 22.9 Å². The summed E-state index contributed by atoms with van der Waals surface area (Å²) < 4.78 is 19.3. The van der Waals surface area contributed by atoms with Crippen LogP contribution in [-0.4, -0.2) is 16.1 Å². The Morgan fingerprint density at radius 1 is 1.06 bits per heavy atom. The minimum absolute atomic E-state index is 0.00244. The second-order valence-electron chi connectivity index (χ2n) is 8.38. The second kappa shape index (κ2) is 7.57. The lowest BCUT2D eigenvalue weighted by molar-refractivity contribution is -0.121. The molecular formula is C27H18FN5O2. The Labute approximate surface area is 199 Å². The molecule has 0 unspecified atom stereocenters. The first-order valence-corrected chi connectivity index (χ1v) is 10.9. The number of nitrogens with zero attached hydrogens (tertiary/aromatic N) is 3. The van der Waals surface area contributed by atoms with Gasteiger partial charge in [-0.25, -0.2) is 4.39 Å². The van der Waals surface area contributed by atoms with Crippen LogP contribution in [0.1, 0.15) is 16.7 Å². The lowest BCUT2D eigenvalue weighted by Gasteiger charge is -2.32.